The van der Waals surface area contributed by atoms with E-state index in [4.69, 9.17) is 14.6 Å². The van der Waals surface area contributed by atoms with Gasteiger partial charge in [-0.3, -0.25) is 14.4 Å². The minimum Gasteiger partial charge on any atom is -0.463 e. The van der Waals surface area contributed by atoms with Gasteiger partial charge in [0.1, 0.15) is 6.61 Å². The lowest BCUT2D eigenvalue weighted by Gasteiger charge is -2.32. The molecule has 0 unspecified atom stereocenters. The second kappa shape index (κ2) is 17.5. The lowest BCUT2D eigenvalue weighted by Crippen LogP contribution is -2.52. The minimum atomic E-state index is -0.628. The number of hydrogen-bond donors (Lipinski definition) is 3. The number of aliphatic hydroxyl groups excluding tert-OH is 1. The van der Waals surface area contributed by atoms with E-state index < -0.39 is 11.5 Å². The third-order valence-electron chi connectivity index (χ3n) is 6.88. The summed E-state index contributed by atoms with van der Waals surface area (Å²) in [5, 5.41) is 14.6. The molecule has 0 heterocycles. The van der Waals surface area contributed by atoms with Gasteiger partial charge in [0.2, 0.25) is 11.8 Å². The van der Waals surface area contributed by atoms with E-state index in [0.717, 1.165) is 31.2 Å². The Morgan fingerprint density at radius 3 is 2.45 bits per heavy atom. The quantitative estimate of drug-likeness (QED) is 0.144. The number of esters is 1. The Labute approximate surface area is 226 Å². The van der Waals surface area contributed by atoms with Crippen LogP contribution >= 0.6 is 0 Å². The molecule has 210 valence electrons. The highest BCUT2D eigenvalue weighted by atomic mass is 16.5. The van der Waals surface area contributed by atoms with Crippen LogP contribution in [0.4, 0.5) is 0 Å². The summed E-state index contributed by atoms with van der Waals surface area (Å²) in [6.45, 7) is 8.37. The van der Waals surface area contributed by atoms with Gasteiger partial charge >= 0.3 is 5.97 Å². The smallest absolute Gasteiger partial charge is 0.309 e. The van der Waals surface area contributed by atoms with E-state index in [1.165, 1.54) is 0 Å². The Morgan fingerprint density at radius 2 is 1.79 bits per heavy atom. The first-order valence-corrected chi connectivity index (χ1v) is 13.6. The molecule has 1 aromatic carbocycles. The van der Waals surface area contributed by atoms with Crippen LogP contribution in [-0.2, 0) is 30.3 Å². The van der Waals surface area contributed by atoms with E-state index in [1.807, 2.05) is 36.4 Å². The Balaban J connectivity index is 1.97. The number of nitrogens with one attached hydrogen (secondary N) is 2. The Morgan fingerprint density at radius 1 is 1.05 bits per heavy atom. The van der Waals surface area contributed by atoms with Gasteiger partial charge < -0.3 is 25.2 Å². The number of aliphatic hydroxyl groups is 1. The highest BCUT2D eigenvalue weighted by Gasteiger charge is 2.39. The van der Waals surface area contributed by atoms with Crippen molar-refractivity contribution in [1.29, 1.82) is 0 Å². The number of carbonyl (C=O) groups is 3. The molecular formula is C30H44N2O6. The SMILES string of the molecule is C=CCC[C@H](Cc1ccccc1)C(=O)OCC1(NC(=O)[C@H](CC=C)CC(=O)NCCOCCO)CCCC1. The van der Waals surface area contributed by atoms with Gasteiger partial charge in [-0.1, -0.05) is 55.3 Å². The first kappa shape index (κ1) is 31.2. The lowest BCUT2D eigenvalue weighted by atomic mass is 9.93. The van der Waals surface area contributed by atoms with Gasteiger partial charge in [0.05, 0.1) is 37.2 Å². The van der Waals surface area contributed by atoms with Crippen LogP contribution < -0.4 is 10.6 Å². The van der Waals surface area contributed by atoms with E-state index in [0.29, 0.717) is 32.2 Å². The number of benzene rings is 1. The maximum atomic E-state index is 13.3. The van der Waals surface area contributed by atoms with Crippen molar-refractivity contribution in [1.82, 2.24) is 10.6 Å². The molecule has 8 nitrogen and oxygen atoms in total. The average molecular weight is 529 g/mol. The van der Waals surface area contributed by atoms with Gasteiger partial charge in [0.15, 0.2) is 0 Å². The van der Waals surface area contributed by atoms with E-state index in [-0.39, 0.29) is 56.5 Å². The molecule has 1 aliphatic rings. The second-order valence-corrected chi connectivity index (χ2v) is 9.95. The van der Waals surface area contributed by atoms with Crippen molar-refractivity contribution in [3.05, 3.63) is 61.2 Å². The standard InChI is InChI=1S/C30H44N2O6/c1-3-5-14-26(21-24-12-7-6-8-13-24)29(36)38-23-30(15-9-10-16-30)32-28(35)25(11-4-2)22-27(34)31-17-19-37-20-18-33/h3-4,6-8,12-13,25-26,33H,1-2,5,9-11,14-23H2,(H,31,34)(H,32,35)/t25-,26-/m1/s1. The summed E-state index contributed by atoms with van der Waals surface area (Å²) in [4.78, 5) is 38.8. The van der Waals surface area contributed by atoms with Gasteiger partial charge in [-0.25, -0.2) is 0 Å². The van der Waals surface area contributed by atoms with Gasteiger partial charge in [0, 0.05) is 13.0 Å². The molecule has 1 saturated carbocycles. The molecular weight excluding hydrogens is 484 g/mol. The summed E-state index contributed by atoms with van der Waals surface area (Å²) in [6, 6.07) is 9.87. The highest BCUT2D eigenvalue weighted by Crippen LogP contribution is 2.31. The topological polar surface area (TPSA) is 114 Å². The molecule has 0 bridgehead atoms. The van der Waals surface area contributed by atoms with Crippen molar-refractivity contribution in [2.75, 3.05) is 33.0 Å². The third kappa shape index (κ3) is 11.2. The number of allylic oxidation sites excluding steroid dienone is 2. The van der Waals surface area contributed by atoms with Crippen molar-refractivity contribution < 1.29 is 29.0 Å². The summed E-state index contributed by atoms with van der Waals surface area (Å²) in [5.41, 5.74) is 0.448. The molecule has 0 aromatic heterocycles. The minimum absolute atomic E-state index is 0.0222. The fourth-order valence-electron chi connectivity index (χ4n) is 4.78. The average Bonchev–Trinajstić information content (AvgIpc) is 3.38. The molecule has 1 fully saturated rings. The largest absolute Gasteiger partial charge is 0.463 e. The number of hydrogen-bond acceptors (Lipinski definition) is 6. The van der Waals surface area contributed by atoms with Gasteiger partial charge in [-0.15, -0.1) is 13.2 Å². The maximum absolute atomic E-state index is 13.3. The normalized spacial score (nSPS) is 15.7. The fraction of sp³-hybridized carbons (Fsp3) is 0.567. The zero-order valence-electron chi connectivity index (χ0n) is 22.5. The molecule has 1 aromatic rings. The van der Waals surface area contributed by atoms with Gasteiger partial charge in [-0.05, 0) is 44.1 Å². The van der Waals surface area contributed by atoms with Gasteiger partial charge in [0.25, 0.3) is 0 Å². The summed E-state index contributed by atoms with van der Waals surface area (Å²) < 4.78 is 11.0. The van der Waals surface area contributed by atoms with Crippen LogP contribution in [0.5, 0.6) is 0 Å². The predicted octanol–water partition coefficient (Wildman–Crippen LogP) is 3.49. The molecule has 38 heavy (non-hydrogen) atoms. The van der Waals surface area contributed by atoms with E-state index in [2.05, 4.69) is 23.8 Å². The Kier molecular flexibility index (Phi) is 14.4. The summed E-state index contributed by atoms with van der Waals surface area (Å²) in [5.74, 6) is -1.61. The van der Waals surface area contributed by atoms with Crippen LogP contribution in [0.15, 0.2) is 55.6 Å². The van der Waals surface area contributed by atoms with E-state index >= 15 is 0 Å². The van der Waals surface area contributed by atoms with Crippen LogP contribution in [0.2, 0.25) is 0 Å². The molecule has 2 amide bonds. The molecule has 0 aliphatic heterocycles. The molecule has 0 spiro atoms. The van der Waals surface area contributed by atoms with E-state index in [9.17, 15) is 14.4 Å². The van der Waals surface area contributed by atoms with Crippen LogP contribution in [0, 0.1) is 11.8 Å². The van der Waals surface area contributed by atoms with Gasteiger partial charge in [-0.2, -0.15) is 0 Å². The van der Waals surface area contributed by atoms with Crippen molar-refractivity contribution in [2.24, 2.45) is 11.8 Å². The van der Waals surface area contributed by atoms with Crippen molar-refractivity contribution in [3.63, 3.8) is 0 Å². The zero-order valence-corrected chi connectivity index (χ0v) is 22.5. The van der Waals surface area contributed by atoms with Crippen LogP contribution in [0.1, 0.15) is 56.9 Å². The molecule has 3 N–H and O–H groups in total. The van der Waals surface area contributed by atoms with Crippen molar-refractivity contribution in [2.45, 2.75) is 63.3 Å². The maximum Gasteiger partial charge on any atom is 0.309 e. The van der Waals surface area contributed by atoms with Crippen LogP contribution in [0.25, 0.3) is 0 Å². The number of rotatable bonds is 19. The number of carbonyl (C=O) groups excluding carboxylic acids is 3. The third-order valence-corrected chi connectivity index (χ3v) is 6.88. The van der Waals surface area contributed by atoms with Crippen LogP contribution in [-0.4, -0.2) is 61.4 Å². The molecule has 0 radical (unpaired) electrons. The molecule has 8 heteroatoms. The predicted molar refractivity (Wildman–Crippen MR) is 147 cm³/mol. The van der Waals surface area contributed by atoms with E-state index in [1.54, 1.807) is 6.08 Å². The van der Waals surface area contributed by atoms with Crippen molar-refractivity contribution >= 4 is 17.8 Å². The molecule has 0 saturated heterocycles. The first-order valence-electron chi connectivity index (χ1n) is 13.6. The zero-order chi connectivity index (χ0) is 27.6. The highest BCUT2D eigenvalue weighted by molar-refractivity contribution is 5.86. The first-order chi connectivity index (χ1) is 18.4. The Hall–Kier alpha value is -2.97. The lowest BCUT2D eigenvalue weighted by molar-refractivity contribution is -0.152. The monoisotopic (exact) mass is 528 g/mol. The van der Waals surface area contributed by atoms with Crippen LogP contribution in [0.3, 0.4) is 0 Å². The number of amides is 2. The van der Waals surface area contributed by atoms with Crippen molar-refractivity contribution in [3.8, 4) is 0 Å². The summed E-state index contributed by atoms with van der Waals surface area (Å²) in [7, 11) is 0. The fourth-order valence-corrected chi connectivity index (χ4v) is 4.78. The second-order valence-electron chi connectivity index (χ2n) is 9.95. The molecule has 2 atom stereocenters. The number of ether oxygens (including phenoxy) is 2. The summed E-state index contributed by atoms with van der Waals surface area (Å²) in [6.07, 6.45) is 9.09. The Bertz CT molecular complexity index is 882. The molecule has 1 aliphatic carbocycles. The summed E-state index contributed by atoms with van der Waals surface area (Å²) >= 11 is 0. The molecule has 2 rings (SSSR count).